The molecular weight excluding hydrogens is 304 g/mol. The van der Waals surface area contributed by atoms with E-state index in [2.05, 4.69) is 24.4 Å². The third kappa shape index (κ3) is 3.51. The van der Waals surface area contributed by atoms with Crippen LogP contribution in [0.1, 0.15) is 48.4 Å². The molecule has 132 valence electrons. The lowest BCUT2D eigenvalue weighted by Crippen LogP contribution is -2.43. The summed E-state index contributed by atoms with van der Waals surface area (Å²) in [5, 5.41) is 13.1. The fourth-order valence-corrected chi connectivity index (χ4v) is 3.95. The molecule has 1 saturated carbocycles. The van der Waals surface area contributed by atoms with E-state index in [0.29, 0.717) is 13.2 Å². The van der Waals surface area contributed by atoms with Crippen molar-refractivity contribution in [2.45, 2.75) is 51.7 Å². The molecule has 5 heteroatoms. The summed E-state index contributed by atoms with van der Waals surface area (Å²) in [5.41, 5.74) is 3.37. The van der Waals surface area contributed by atoms with E-state index >= 15 is 0 Å². The number of rotatable bonds is 3. The first kappa shape index (κ1) is 17.1. The molecule has 24 heavy (non-hydrogen) atoms. The third-order valence-electron chi connectivity index (χ3n) is 5.25. The summed E-state index contributed by atoms with van der Waals surface area (Å²) in [5.74, 6) is 1.11. The van der Waals surface area contributed by atoms with Crippen molar-refractivity contribution in [3.8, 4) is 5.75 Å². The van der Waals surface area contributed by atoms with Crippen LogP contribution >= 0.6 is 0 Å². The van der Waals surface area contributed by atoms with Gasteiger partial charge in [-0.25, -0.2) is 4.79 Å². The Bertz CT molecular complexity index is 617. The number of urea groups is 1. The van der Waals surface area contributed by atoms with Crippen LogP contribution in [0.15, 0.2) is 12.1 Å². The Hall–Kier alpha value is -1.75. The van der Waals surface area contributed by atoms with Gasteiger partial charge >= 0.3 is 6.03 Å². The number of nitrogens with zero attached hydrogens (tertiary/aromatic N) is 1. The number of aryl methyl sites for hydroxylation is 2. The molecule has 1 heterocycles. The lowest BCUT2D eigenvalue weighted by atomic mass is 9.96. The first-order chi connectivity index (χ1) is 11.5. The number of ether oxygens (including phenoxy) is 1. The van der Waals surface area contributed by atoms with Crippen molar-refractivity contribution in [3.63, 3.8) is 0 Å². The zero-order valence-corrected chi connectivity index (χ0v) is 14.8. The van der Waals surface area contributed by atoms with Crippen molar-refractivity contribution in [2.75, 3.05) is 20.2 Å². The zero-order chi connectivity index (χ0) is 17.3. The van der Waals surface area contributed by atoms with E-state index in [1.165, 1.54) is 5.56 Å². The Balaban J connectivity index is 1.67. The van der Waals surface area contributed by atoms with Gasteiger partial charge in [0.2, 0.25) is 0 Å². The van der Waals surface area contributed by atoms with Gasteiger partial charge in [-0.15, -0.1) is 0 Å². The number of hydrogen-bond acceptors (Lipinski definition) is 3. The Kier molecular flexibility index (Phi) is 4.99. The van der Waals surface area contributed by atoms with Gasteiger partial charge in [0.05, 0.1) is 18.8 Å². The standard InChI is InChI=1S/C19H28N2O3/c1-12-9-13(2)18-15(10-12)16(7-8-24-18)20-19(23)21(3)11-14-5-4-6-17(14)22/h9-10,14,16-17,22H,4-8,11H2,1-3H3,(H,20,23)/t14-,16-,17-/m1/s1. The van der Waals surface area contributed by atoms with E-state index in [1.807, 2.05) is 14.0 Å². The van der Waals surface area contributed by atoms with Gasteiger partial charge in [0.1, 0.15) is 5.75 Å². The number of carbonyl (C=O) groups is 1. The van der Waals surface area contributed by atoms with Crippen LogP contribution in [-0.4, -0.2) is 42.3 Å². The number of fused-ring (bicyclic) bond motifs is 1. The molecule has 1 aliphatic heterocycles. The minimum absolute atomic E-state index is 0.0178. The molecule has 0 spiro atoms. The smallest absolute Gasteiger partial charge is 0.317 e. The molecule has 2 N–H and O–H groups in total. The lowest BCUT2D eigenvalue weighted by molar-refractivity contribution is 0.113. The fraction of sp³-hybridized carbons (Fsp3) is 0.632. The first-order valence-electron chi connectivity index (χ1n) is 8.89. The minimum Gasteiger partial charge on any atom is -0.493 e. The molecule has 0 bridgehead atoms. The first-order valence-corrected chi connectivity index (χ1v) is 8.89. The molecular formula is C19H28N2O3. The van der Waals surface area contributed by atoms with Crippen LogP contribution in [0.3, 0.4) is 0 Å². The van der Waals surface area contributed by atoms with Crippen molar-refractivity contribution in [1.29, 1.82) is 0 Å². The van der Waals surface area contributed by atoms with Crippen molar-refractivity contribution in [1.82, 2.24) is 10.2 Å². The van der Waals surface area contributed by atoms with Crippen LogP contribution in [0, 0.1) is 19.8 Å². The second-order valence-corrected chi connectivity index (χ2v) is 7.28. The van der Waals surface area contributed by atoms with E-state index in [9.17, 15) is 9.90 Å². The van der Waals surface area contributed by atoms with Crippen molar-refractivity contribution >= 4 is 6.03 Å². The van der Waals surface area contributed by atoms with Crippen LogP contribution in [0.25, 0.3) is 0 Å². The molecule has 3 rings (SSSR count). The molecule has 1 aromatic rings. The number of carbonyl (C=O) groups excluding carboxylic acids is 1. The zero-order valence-electron chi connectivity index (χ0n) is 14.8. The van der Waals surface area contributed by atoms with Crippen LogP contribution in [0.4, 0.5) is 4.79 Å². The molecule has 5 nitrogen and oxygen atoms in total. The number of nitrogens with one attached hydrogen (secondary N) is 1. The highest BCUT2D eigenvalue weighted by Crippen LogP contribution is 2.35. The van der Waals surface area contributed by atoms with Crippen LogP contribution < -0.4 is 10.1 Å². The molecule has 1 fully saturated rings. The normalized spacial score (nSPS) is 25.8. The Morgan fingerprint density at radius 1 is 1.33 bits per heavy atom. The predicted octanol–water partition coefficient (Wildman–Crippen LogP) is 2.93. The maximum absolute atomic E-state index is 12.6. The highest BCUT2D eigenvalue weighted by atomic mass is 16.5. The predicted molar refractivity (Wildman–Crippen MR) is 93.3 cm³/mol. The molecule has 0 radical (unpaired) electrons. The molecule has 3 atom stereocenters. The quantitative estimate of drug-likeness (QED) is 0.894. The van der Waals surface area contributed by atoms with Gasteiger partial charge in [-0.2, -0.15) is 0 Å². The topological polar surface area (TPSA) is 61.8 Å². The van der Waals surface area contributed by atoms with E-state index in [0.717, 1.165) is 42.6 Å². The lowest BCUT2D eigenvalue weighted by Gasteiger charge is -2.31. The van der Waals surface area contributed by atoms with Crippen LogP contribution in [-0.2, 0) is 0 Å². The summed E-state index contributed by atoms with van der Waals surface area (Å²) in [7, 11) is 1.81. The molecule has 1 aliphatic carbocycles. The summed E-state index contributed by atoms with van der Waals surface area (Å²) in [6.07, 6.45) is 3.41. The highest BCUT2D eigenvalue weighted by molar-refractivity contribution is 5.74. The SMILES string of the molecule is Cc1cc(C)c2c(c1)[C@H](NC(=O)N(C)C[C@H]1CCC[C@H]1O)CCO2. The average Bonchev–Trinajstić information content (AvgIpc) is 2.93. The van der Waals surface area contributed by atoms with E-state index in [-0.39, 0.29) is 24.1 Å². The largest absolute Gasteiger partial charge is 0.493 e. The summed E-state index contributed by atoms with van der Waals surface area (Å²) >= 11 is 0. The van der Waals surface area contributed by atoms with Crippen LogP contribution in [0.5, 0.6) is 5.75 Å². The van der Waals surface area contributed by atoms with Gasteiger partial charge in [0.25, 0.3) is 0 Å². The summed E-state index contributed by atoms with van der Waals surface area (Å²) < 4.78 is 5.81. The minimum atomic E-state index is -0.269. The van der Waals surface area contributed by atoms with Gasteiger partial charge in [-0.1, -0.05) is 24.1 Å². The third-order valence-corrected chi connectivity index (χ3v) is 5.25. The maximum Gasteiger partial charge on any atom is 0.317 e. The van der Waals surface area contributed by atoms with Gasteiger partial charge in [-0.3, -0.25) is 0 Å². The van der Waals surface area contributed by atoms with Crippen molar-refractivity contribution < 1.29 is 14.6 Å². The average molecular weight is 332 g/mol. The number of aliphatic hydroxyl groups is 1. The van der Waals surface area contributed by atoms with E-state index < -0.39 is 0 Å². The fourth-order valence-electron chi connectivity index (χ4n) is 3.95. The Morgan fingerprint density at radius 3 is 2.83 bits per heavy atom. The van der Waals surface area contributed by atoms with Gasteiger partial charge in [0, 0.05) is 31.5 Å². The highest BCUT2D eigenvalue weighted by Gasteiger charge is 2.29. The van der Waals surface area contributed by atoms with Crippen molar-refractivity contribution in [2.24, 2.45) is 5.92 Å². The van der Waals surface area contributed by atoms with Gasteiger partial charge in [-0.05, 0) is 32.3 Å². The molecule has 0 unspecified atom stereocenters. The summed E-state index contributed by atoms with van der Waals surface area (Å²) in [6.45, 7) is 5.33. The second kappa shape index (κ2) is 7.01. The number of aliphatic hydroxyl groups excluding tert-OH is 1. The molecule has 0 aromatic heterocycles. The number of amides is 2. The second-order valence-electron chi connectivity index (χ2n) is 7.28. The summed E-state index contributed by atoms with van der Waals surface area (Å²) in [6, 6.07) is 4.12. The van der Waals surface area contributed by atoms with E-state index in [4.69, 9.17) is 4.74 Å². The monoisotopic (exact) mass is 332 g/mol. The number of benzene rings is 1. The van der Waals surface area contributed by atoms with Gasteiger partial charge < -0.3 is 20.1 Å². The van der Waals surface area contributed by atoms with Crippen molar-refractivity contribution in [3.05, 3.63) is 28.8 Å². The molecule has 2 amide bonds. The molecule has 2 aliphatic rings. The molecule has 1 aromatic carbocycles. The Morgan fingerprint density at radius 2 is 2.12 bits per heavy atom. The Labute approximate surface area is 144 Å². The number of hydrogen-bond donors (Lipinski definition) is 2. The summed E-state index contributed by atoms with van der Waals surface area (Å²) in [4.78, 5) is 14.3. The van der Waals surface area contributed by atoms with Gasteiger partial charge in [0.15, 0.2) is 0 Å². The maximum atomic E-state index is 12.6. The molecule has 0 saturated heterocycles. The van der Waals surface area contributed by atoms with Crippen LogP contribution in [0.2, 0.25) is 0 Å². The van der Waals surface area contributed by atoms with E-state index in [1.54, 1.807) is 4.90 Å².